The van der Waals surface area contributed by atoms with Gasteiger partial charge in [-0.1, -0.05) is 6.07 Å². The summed E-state index contributed by atoms with van der Waals surface area (Å²) in [4.78, 5) is 2.46. The van der Waals surface area contributed by atoms with Gasteiger partial charge in [0.15, 0.2) is 11.5 Å². The molecule has 0 aliphatic carbocycles. The topological polar surface area (TPSA) is 33.7 Å². The zero-order valence-corrected chi connectivity index (χ0v) is 12.6. The van der Waals surface area contributed by atoms with Crippen molar-refractivity contribution in [2.45, 2.75) is 19.5 Å². The molecule has 1 aromatic carbocycles. The van der Waals surface area contributed by atoms with E-state index < -0.39 is 0 Å². The molecule has 1 aliphatic rings. The van der Waals surface area contributed by atoms with Crippen LogP contribution in [0.2, 0.25) is 0 Å². The summed E-state index contributed by atoms with van der Waals surface area (Å²) in [5, 5.41) is 3.45. The summed E-state index contributed by atoms with van der Waals surface area (Å²) in [6, 6.07) is 6.71. The lowest BCUT2D eigenvalue weighted by Crippen LogP contribution is -2.48. The highest BCUT2D eigenvalue weighted by Crippen LogP contribution is 2.28. The lowest BCUT2D eigenvalue weighted by molar-refractivity contribution is 0.199. The molecule has 1 fully saturated rings. The van der Waals surface area contributed by atoms with Crippen molar-refractivity contribution < 1.29 is 9.47 Å². The van der Waals surface area contributed by atoms with Crippen LogP contribution in [0.4, 0.5) is 0 Å². The summed E-state index contributed by atoms with van der Waals surface area (Å²) < 4.78 is 10.6. The van der Waals surface area contributed by atoms with E-state index in [-0.39, 0.29) is 12.4 Å². The summed E-state index contributed by atoms with van der Waals surface area (Å²) in [6.07, 6.45) is 0. The third kappa shape index (κ3) is 4.27. The molecule has 0 saturated carbocycles. The first-order valence-corrected chi connectivity index (χ1v) is 6.39. The number of benzene rings is 1. The first-order chi connectivity index (χ1) is 8.72. The van der Waals surface area contributed by atoms with Gasteiger partial charge in [-0.3, -0.25) is 4.90 Å². The molecule has 2 rings (SSSR count). The fourth-order valence-corrected chi connectivity index (χ4v) is 2.39. The summed E-state index contributed by atoms with van der Waals surface area (Å²) in [6.45, 7) is 6.44. The van der Waals surface area contributed by atoms with Crippen molar-refractivity contribution in [3.05, 3.63) is 23.8 Å². The number of piperazine rings is 1. The SMILES string of the molecule is COc1ccc(CN2CCNC(C)C2)cc1OC.Cl. The largest absolute Gasteiger partial charge is 0.493 e. The van der Waals surface area contributed by atoms with Gasteiger partial charge in [-0.2, -0.15) is 0 Å². The number of hydrogen-bond acceptors (Lipinski definition) is 4. The molecule has 1 unspecified atom stereocenters. The molecule has 1 aliphatic heterocycles. The van der Waals surface area contributed by atoms with Gasteiger partial charge >= 0.3 is 0 Å². The van der Waals surface area contributed by atoms with Crippen LogP contribution in [-0.4, -0.2) is 44.8 Å². The molecule has 1 N–H and O–H groups in total. The molecule has 1 saturated heterocycles. The van der Waals surface area contributed by atoms with E-state index in [1.807, 2.05) is 6.07 Å². The van der Waals surface area contributed by atoms with Crippen LogP contribution in [0.3, 0.4) is 0 Å². The van der Waals surface area contributed by atoms with Crippen LogP contribution in [-0.2, 0) is 6.54 Å². The zero-order chi connectivity index (χ0) is 13.0. The minimum Gasteiger partial charge on any atom is -0.493 e. The van der Waals surface area contributed by atoms with Crippen molar-refractivity contribution in [3.63, 3.8) is 0 Å². The van der Waals surface area contributed by atoms with Gasteiger partial charge in [0.05, 0.1) is 14.2 Å². The van der Waals surface area contributed by atoms with Gasteiger partial charge in [0.1, 0.15) is 0 Å². The number of nitrogens with one attached hydrogen (secondary N) is 1. The second-order valence-electron chi connectivity index (χ2n) is 4.78. The summed E-state index contributed by atoms with van der Waals surface area (Å²) in [5.74, 6) is 1.59. The summed E-state index contributed by atoms with van der Waals surface area (Å²) in [5.41, 5.74) is 1.27. The Morgan fingerprint density at radius 2 is 2.00 bits per heavy atom. The molecule has 1 atom stereocenters. The van der Waals surface area contributed by atoms with E-state index in [4.69, 9.17) is 9.47 Å². The van der Waals surface area contributed by atoms with Crippen LogP contribution < -0.4 is 14.8 Å². The van der Waals surface area contributed by atoms with Gasteiger partial charge in [0, 0.05) is 32.2 Å². The molecule has 5 heteroatoms. The van der Waals surface area contributed by atoms with Crippen molar-refractivity contribution in [2.24, 2.45) is 0 Å². The smallest absolute Gasteiger partial charge is 0.161 e. The molecule has 1 heterocycles. The van der Waals surface area contributed by atoms with Crippen molar-refractivity contribution in [2.75, 3.05) is 33.9 Å². The molecule has 19 heavy (non-hydrogen) atoms. The van der Waals surface area contributed by atoms with E-state index in [0.717, 1.165) is 37.7 Å². The Hall–Kier alpha value is -0.970. The van der Waals surface area contributed by atoms with E-state index in [0.29, 0.717) is 6.04 Å². The van der Waals surface area contributed by atoms with Crippen LogP contribution in [0.1, 0.15) is 12.5 Å². The molecule has 1 aromatic rings. The Morgan fingerprint density at radius 3 is 2.63 bits per heavy atom. The van der Waals surface area contributed by atoms with Gasteiger partial charge < -0.3 is 14.8 Å². The molecule has 4 nitrogen and oxygen atoms in total. The highest BCUT2D eigenvalue weighted by molar-refractivity contribution is 5.85. The first kappa shape index (κ1) is 16.1. The van der Waals surface area contributed by atoms with Crippen LogP contribution in [0.25, 0.3) is 0 Å². The third-order valence-corrected chi connectivity index (χ3v) is 3.31. The van der Waals surface area contributed by atoms with Crippen molar-refractivity contribution >= 4 is 12.4 Å². The van der Waals surface area contributed by atoms with Gasteiger partial charge in [-0.15, -0.1) is 12.4 Å². The first-order valence-electron chi connectivity index (χ1n) is 6.39. The van der Waals surface area contributed by atoms with Gasteiger partial charge in [0.25, 0.3) is 0 Å². The Labute approximate surface area is 121 Å². The monoisotopic (exact) mass is 286 g/mol. The Kier molecular flexibility index (Phi) is 6.42. The highest BCUT2D eigenvalue weighted by atomic mass is 35.5. The number of methoxy groups -OCH3 is 2. The quantitative estimate of drug-likeness (QED) is 0.917. The maximum absolute atomic E-state index is 5.33. The Morgan fingerprint density at radius 1 is 1.26 bits per heavy atom. The highest BCUT2D eigenvalue weighted by Gasteiger charge is 2.16. The molecule has 0 bridgehead atoms. The standard InChI is InChI=1S/C14H22N2O2.ClH/c1-11-9-16(7-6-15-11)10-12-4-5-13(17-2)14(8-12)18-3;/h4-5,8,11,15H,6-7,9-10H2,1-3H3;1H. The van der Waals surface area contributed by atoms with Crippen LogP contribution in [0, 0.1) is 0 Å². The maximum atomic E-state index is 5.33. The lowest BCUT2D eigenvalue weighted by atomic mass is 10.1. The van der Waals surface area contributed by atoms with E-state index in [1.54, 1.807) is 14.2 Å². The van der Waals surface area contributed by atoms with E-state index >= 15 is 0 Å². The number of nitrogens with zero attached hydrogens (tertiary/aromatic N) is 1. The Bertz CT molecular complexity index is 401. The van der Waals surface area contributed by atoms with Crippen molar-refractivity contribution in [1.82, 2.24) is 10.2 Å². The molecule has 0 amide bonds. The molecule has 0 aromatic heterocycles. The summed E-state index contributed by atoms with van der Waals surface area (Å²) in [7, 11) is 3.34. The van der Waals surface area contributed by atoms with E-state index in [9.17, 15) is 0 Å². The average molecular weight is 287 g/mol. The minimum atomic E-state index is 0. The van der Waals surface area contributed by atoms with Crippen LogP contribution in [0.15, 0.2) is 18.2 Å². The fourth-order valence-electron chi connectivity index (χ4n) is 2.39. The molecule has 0 radical (unpaired) electrons. The minimum absolute atomic E-state index is 0. The van der Waals surface area contributed by atoms with Gasteiger partial charge in [-0.25, -0.2) is 0 Å². The third-order valence-electron chi connectivity index (χ3n) is 3.31. The normalized spacial score (nSPS) is 19.6. The lowest BCUT2D eigenvalue weighted by Gasteiger charge is -2.31. The number of rotatable bonds is 4. The average Bonchev–Trinajstić information content (AvgIpc) is 2.38. The molecule has 108 valence electrons. The molecular weight excluding hydrogens is 264 g/mol. The fraction of sp³-hybridized carbons (Fsp3) is 0.571. The molecular formula is C14H23ClN2O2. The predicted octanol–water partition coefficient (Wildman–Crippen LogP) is 1.92. The maximum Gasteiger partial charge on any atom is 0.161 e. The van der Waals surface area contributed by atoms with Crippen LogP contribution in [0.5, 0.6) is 11.5 Å². The van der Waals surface area contributed by atoms with Crippen molar-refractivity contribution in [3.8, 4) is 11.5 Å². The number of halogens is 1. The van der Waals surface area contributed by atoms with E-state index in [1.165, 1.54) is 5.56 Å². The molecule has 0 spiro atoms. The number of hydrogen-bond donors (Lipinski definition) is 1. The van der Waals surface area contributed by atoms with Gasteiger partial charge in [0.2, 0.25) is 0 Å². The Balaban J connectivity index is 0.00000180. The van der Waals surface area contributed by atoms with Crippen LogP contribution >= 0.6 is 12.4 Å². The number of ether oxygens (including phenoxy) is 2. The zero-order valence-electron chi connectivity index (χ0n) is 11.8. The summed E-state index contributed by atoms with van der Waals surface area (Å²) >= 11 is 0. The van der Waals surface area contributed by atoms with E-state index in [2.05, 4.69) is 29.3 Å². The second-order valence-corrected chi connectivity index (χ2v) is 4.78. The predicted molar refractivity (Wildman–Crippen MR) is 79.5 cm³/mol. The van der Waals surface area contributed by atoms with Crippen molar-refractivity contribution in [1.29, 1.82) is 0 Å². The van der Waals surface area contributed by atoms with Gasteiger partial charge in [-0.05, 0) is 24.6 Å². The second kappa shape index (κ2) is 7.58.